The average molecular weight is 641 g/mol. The maximum absolute atomic E-state index is 13.4. The van der Waals surface area contributed by atoms with Gasteiger partial charge in [0.05, 0.1) is 24.7 Å². The third-order valence-corrected chi connectivity index (χ3v) is 8.10. The lowest BCUT2D eigenvalue weighted by Gasteiger charge is -2.26. The quantitative estimate of drug-likeness (QED) is 0.319. The minimum atomic E-state index is -1.11. The zero-order chi connectivity index (χ0) is 32.5. The number of carbonyl (C=O) groups excluding carboxylic acids is 4. The van der Waals surface area contributed by atoms with Crippen molar-refractivity contribution in [2.75, 3.05) is 13.7 Å². The normalized spacial score (nSPS) is 26.2. The molecule has 2 heterocycles. The number of halogens is 1. The first-order valence-corrected chi connectivity index (χ1v) is 15.6. The second-order valence-electron chi connectivity index (χ2n) is 11.8. The highest BCUT2D eigenvalue weighted by atomic mass is 35.5. The number of carbonyl (C=O) groups is 4. The molecule has 2 aliphatic rings. The van der Waals surface area contributed by atoms with E-state index in [2.05, 4.69) is 10.6 Å². The topological polar surface area (TPSA) is 133 Å². The van der Waals surface area contributed by atoms with Crippen LogP contribution in [0.2, 0.25) is 5.02 Å². The summed E-state index contributed by atoms with van der Waals surface area (Å²) in [5.41, 5.74) is 1.73. The Labute approximate surface area is 268 Å². The highest BCUT2D eigenvalue weighted by Crippen LogP contribution is 2.45. The standard InChI is InChI=1S/C34H41ClN2O8/c1-20(2)17-28-34(41)44-26(21(3)31-32(45-31)23-9-6-5-7-10-23)11-8-12-29(38)37-25(33(40)36-16-15-30(39)43-28)19-22-13-14-27(42-4)24(35)18-22/h5-10,12-14,18,20-21,25-26,28,31-32H,11,15-17,19H2,1-4H3,(H,36,40)(H,37,38)/b12-8+/t21-,25+,26-,28-,31+,32+/m0/s1. The van der Waals surface area contributed by atoms with Gasteiger partial charge in [-0.25, -0.2) is 4.79 Å². The van der Waals surface area contributed by atoms with E-state index in [0.717, 1.165) is 5.56 Å². The first kappa shape index (κ1) is 34.0. The van der Waals surface area contributed by atoms with Gasteiger partial charge in [-0.15, -0.1) is 0 Å². The van der Waals surface area contributed by atoms with Crippen LogP contribution in [0.5, 0.6) is 5.75 Å². The van der Waals surface area contributed by atoms with Crippen molar-refractivity contribution in [1.29, 1.82) is 0 Å². The van der Waals surface area contributed by atoms with Crippen molar-refractivity contribution in [2.45, 2.75) is 76.9 Å². The Morgan fingerprint density at radius 3 is 2.47 bits per heavy atom. The number of amides is 2. The van der Waals surface area contributed by atoms with Gasteiger partial charge in [0.15, 0.2) is 6.10 Å². The molecule has 2 N–H and O–H groups in total. The molecule has 0 spiro atoms. The number of esters is 2. The molecule has 4 rings (SSSR count). The Morgan fingerprint density at radius 1 is 1.02 bits per heavy atom. The van der Waals surface area contributed by atoms with E-state index in [-0.39, 0.29) is 56.3 Å². The van der Waals surface area contributed by atoms with Gasteiger partial charge in [0, 0.05) is 25.3 Å². The number of hydrogen-bond donors (Lipinski definition) is 2. The molecule has 1 saturated heterocycles. The lowest BCUT2D eigenvalue weighted by molar-refractivity contribution is -0.174. The number of hydrogen-bond acceptors (Lipinski definition) is 8. The van der Waals surface area contributed by atoms with Crippen LogP contribution in [0.25, 0.3) is 0 Å². The molecule has 0 bridgehead atoms. The molecule has 0 aliphatic carbocycles. The Kier molecular flexibility index (Phi) is 12.0. The van der Waals surface area contributed by atoms with Crippen molar-refractivity contribution in [2.24, 2.45) is 11.8 Å². The van der Waals surface area contributed by atoms with E-state index in [1.165, 1.54) is 13.2 Å². The summed E-state index contributed by atoms with van der Waals surface area (Å²) in [4.78, 5) is 52.3. The molecule has 2 aliphatic heterocycles. The monoisotopic (exact) mass is 640 g/mol. The maximum Gasteiger partial charge on any atom is 0.347 e. The van der Waals surface area contributed by atoms with Crippen molar-refractivity contribution in [1.82, 2.24) is 10.6 Å². The van der Waals surface area contributed by atoms with Crippen LogP contribution >= 0.6 is 11.6 Å². The fraction of sp³-hybridized carbons (Fsp3) is 0.471. The van der Waals surface area contributed by atoms with E-state index in [0.29, 0.717) is 16.3 Å². The molecular weight excluding hydrogens is 600 g/mol. The first-order valence-electron chi connectivity index (χ1n) is 15.2. The van der Waals surface area contributed by atoms with Gasteiger partial charge in [-0.3, -0.25) is 14.4 Å². The molecule has 1 fully saturated rings. The van der Waals surface area contributed by atoms with Crippen LogP contribution in [0.15, 0.2) is 60.7 Å². The summed E-state index contributed by atoms with van der Waals surface area (Å²) in [5.74, 6) is -1.99. The molecule has 2 aromatic carbocycles. The summed E-state index contributed by atoms with van der Waals surface area (Å²) in [7, 11) is 1.50. The van der Waals surface area contributed by atoms with Gasteiger partial charge in [-0.05, 0) is 41.7 Å². The zero-order valence-corrected chi connectivity index (χ0v) is 26.8. The van der Waals surface area contributed by atoms with Gasteiger partial charge in [-0.1, -0.05) is 74.8 Å². The van der Waals surface area contributed by atoms with Crippen LogP contribution in [0.4, 0.5) is 0 Å². The number of ether oxygens (including phenoxy) is 4. The van der Waals surface area contributed by atoms with Crippen molar-refractivity contribution < 1.29 is 38.1 Å². The lowest BCUT2D eigenvalue weighted by Crippen LogP contribution is -2.48. The number of nitrogens with one attached hydrogen (secondary N) is 2. The van der Waals surface area contributed by atoms with Gasteiger partial charge in [0.25, 0.3) is 0 Å². The molecular formula is C34H41ClN2O8. The Hall–Kier alpha value is -3.89. The SMILES string of the molecule is COc1ccc(C[C@H]2NC(=O)/C=C/C[C@@H]([C@H](C)[C@H]3O[C@@H]3c3ccccc3)OC(=O)[C@H](CC(C)C)OC(=O)CCNC2=O)cc1Cl. The summed E-state index contributed by atoms with van der Waals surface area (Å²) >= 11 is 6.28. The third kappa shape index (κ3) is 9.80. The smallest absolute Gasteiger partial charge is 0.347 e. The molecule has 2 aromatic rings. The number of cyclic esters (lactones) is 2. The van der Waals surface area contributed by atoms with Crippen LogP contribution in [0.3, 0.4) is 0 Å². The number of methoxy groups -OCH3 is 1. The third-order valence-electron chi connectivity index (χ3n) is 7.80. The fourth-order valence-electron chi connectivity index (χ4n) is 5.30. The van der Waals surface area contributed by atoms with E-state index in [1.54, 1.807) is 24.3 Å². The average Bonchev–Trinajstić information content (AvgIpc) is 3.80. The van der Waals surface area contributed by atoms with Crippen LogP contribution < -0.4 is 15.4 Å². The number of rotatable bonds is 8. The highest BCUT2D eigenvalue weighted by molar-refractivity contribution is 6.32. The molecule has 11 heteroatoms. The second kappa shape index (κ2) is 15.9. The molecule has 45 heavy (non-hydrogen) atoms. The highest BCUT2D eigenvalue weighted by Gasteiger charge is 2.47. The second-order valence-corrected chi connectivity index (χ2v) is 12.2. The summed E-state index contributed by atoms with van der Waals surface area (Å²) < 4.78 is 22.7. The van der Waals surface area contributed by atoms with Crippen LogP contribution in [-0.4, -0.2) is 61.8 Å². The van der Waals surface area contributed by atoms with Crippen LogP contribution in [0, 0.1) is 11.8 Å². The number of epoxide rings is 1. The molecule has 0 saturated carbocycles. The van der Waals surface area contributed by atoms with Crippen molar-refractivity contribution in [3.8, 4) is 5.75 Å². The number of benzene rings is 2. The van der Waals surface area contributed by atoms with Crippen molar-refractivity contribution in [3.05, 3.63) is 76.8 Å². The molecule has 0 aromatic heterocycles. The molecule has 0 radical (unpaired) electrons. The van der Waals surface area contributed by atoms with E-state index >= 15 is 0 Å². The maximum atomic E-state index is 13.4. The van der Waals surface area contributed by atoms with E-state index < -0.39 is 42.0 Å². The van der Waals surface area contributed by atoms with Crippen LogP contribution in [-0.2, 0) is 39.8 Å². The zero-order valence-electron chi connectivity index (χ0n) is 26.0. The molecule has 0 unspecified atom stereocenters. The Balaban J connectivity index is 1.55. The minimum absolute atomic E-state index is 0.0431. The van der Waals surface area contributed by atoms with E-state index in [9.17, 15) is 19.2 Å². The Bertz CT molecular complexity index is 1380. The molecule has 10 nitrogen and oxygen atoms in total. The van der Waals surface area contributed by atoms with Gasteiger partial charge >= 0.3 is 11.9 Å². The summed E-state index contributed by atoms with van der Waals surface area (Å²) in [6.07, 6.45) is 1.28. The van der Waals surface area contributed by atoms with Crippen LogP contribution in [0.1, 0.15) is 57.3 Å². The van der Waals surface area contributed by atoms with Gasteiger partial charge in [0.2, 0.25) is 11.8 Å². The van der Waals surface area contributed by atoms with Crippen molar-refractivity contribution in [3.63, 3.8) is 0 Å². The lowest BCUT2D eigenvalue weighted by atomic mass is 9.93. The largest absolute Gasteiger partial charge is 0.495 e. The first-order chi connectivity index (χ1) is 21.5. The summed E-state index contributed by atoms with van der Waals surface area (Å²) in [6.45, 7) is 5.72. The molecule has 2 amide bonds. The van der Waals surface area contributed by atoms with Gasteiger partial charge < -0.3 is 29.6 Å². The summed E-state index contributed by atoms with van der Waals surface area (Å²) in [5, 5.41) is 5.80. The van der Waals surface area contributed by atoms with E-state index in [1.807, 2.05) is 51.1 Å². The van der Waals surface area contributed by atoms with Crippen molar-refractivity contribution >= 4 is 35.4 Å². The van der Waals surface area contributed by atoms with Gasteiger partial charge in [0.1, 0.15) is 24.0 Å². The van der Waals surface area contributed by atoms with E-state index in [4.69, 9.17) is 30.5 Å². The van der Waals surface area contributed by atoms with Gasteiger partial charge in [-0.2, -0.15) is 0 Å². The fourth-order valence-corrected chi connectivity index (χ4v) is 5.58. The molecule has 6 atom stereocenters. The Morgan fingerprint density at radius 2 is 1.78 bits per heavy atom. The minimum Gasteiger partial charge on any atom is -0.495 e. The molecule has 242 valence electrons. The predicted molar refractivity (Wildman–Crippen MR) is 167 cm³/mol. The predicted octanol–water partition coefficient (Wildman–Crippen LogP) is 4.49. The summed E-state index contributed by atoms with van der Waals surface area (Å²) in [6, 6.07) is 13.9.